The van der Waals surface area contributed by atoms with Gasteiger partial charge in [0.15, 0.2) is 0 Å². The van der Waals surface area contributed by atoms with Gasteiger partial charge in [-0.2, -0.15) is 5.26 Å². The Morgan fingerprint density at radius 3 is 2.50 bits per heavy atom. The second kappa shape index (κ2) is 9.09. The number of rotatable bonds is 5. The van der Waals surface area contributed by atoms with E-state index in [1.807, 2.05) is 55.5 Å². The molecular formula is C21H18BrN3O2S. The highest BCUT2D eigenvalue weighted by Gasteiger charge is 2.39. The van der Waals surface area contributed by atoms with Gasteiger partial charge in [0, 0.05) is 16.7 Å². The Hall–Kier alpha value is -2.56. The predicted octanol–water partition coefficient (Wildman–Crippen LogP) is 4.36. The van der Waals surface area contributed by atoms with Crippen molar-refractivity contribution in [1.29, 1.82) is 5.26 Å². The van der Waals surface area contributed by atoms with Crippen molar-refractivity contribution in [3.05, 3.63) is 75.2 Å². The van der Waals surface area contributed by atoms with Gasteiger partial charge >= 0.3 is 0 Å². The molecule has 0 bridgehead atoms. The summed E-state index contributed by atoms with van der Waals surface area (Å²) in [7, 11) is 0. The average molecular weight is 456 g/mol. The minimum Gasteiger partial charge on any atom is -0.347 e. The Bertz CT molecular complexity index is 952. The van der Waals surface area contributed by atoms with E-state index in [9.17, 15) is 14.9 Å². The number of benzene rings is 2. The number of halogens is 1. The lowest BCUT2D eigenvalue weighted by Gasteiger charge is -2.18. The van der Waals surface area contributed by atoms with Gasteiger partial charge in [0.2, 0.25) is 5.91 Å². The largest absolute Gasteiger partial charge is 0.347 e. The zero-order valence-corrected chi connectivity index (χ0v) is 17.6. The number of nitriles is 1. The lowest BCUT2D eigenvalue weighted by molar-refractivity contribution is -0.117. The Balaban J connectivity index is 1.93. The molecule has 0 spiro atoms. The molecule has 3 rings (SSSR count). The summed E-state index contributed by atoms with van der Waals surface area (Å²) in [6.45, 7) is 2.23. The van der Waals surface area contributed by atoms with Crippen LogP contribution in [0.5, 0.6) is 0 Å². The number of carbonyl (C=O) groups is 2. The van der Waals surface area contributed by atoms with Crippen LogP contribution in [0.15, 0.2) is 69.7 Å². The van der Waals surface area contributed by atoms with Gasteiger partial charge in [0.05, 0.1) is 5.25 Å². The van der Waals surface area contributed by atoms with Crippen molar-refractivity contribution in [2.24, 2.45) is 0 Å². The van der Waals surface area contributed by atoms with Crippen LogP contribution < -0.4 is 10.2 Å². The fraction of sp³-hybridized carbons (Fsp3) is 0.190. The van der Waals surface area contributed by atoms with Gasteiger partial charge in [-0.15, -0.1) is 0 Å². The van der Waals surface area contributed by atoms with E-state index in [1.54, 1.807) is 12.1 Å². The zero-order chi connectivity index (χ0) is 20.1. The first-order chi connectivity index (χ1) is 13.5. The molecule has 1 N–H and O–H groups in total. The Morgan fingerprint density at radius 1 is 1.21 bits per heavy atom. The van der Waals surface area contributed by atoms with Crippen LogP contribution in [-0.4, -0.2) is 17.1 Å². The van der Waals surface area contributed by atoms with Crippen molar-refractivity contribution in [3.8, 4) is 6.07 Å². The van der Waals surface area contributed by atoms with Gasteiger partial charge in [-0.1, -0.05) is 64.9 Å². The minimum atomic E-state index is -0.486. The molecule has 1 heterocycles. The van der Waals surface area contributed by atoms with E-state index in [4.69, 9.17) is 0 Å². The zero-order valence-electron chi connectivity index (χ0n) is 15.2. The second-order valence-corrected chi connectivity index (χ2v) is 8.23. The molecule has 142 valence electrons. The Labute approximate surface area is 176 Å². The monoisotopic (exact) mass is 455 g/mol. The summed E-state index contributed by atoms with van der Waals surface area (Å²) in [5.74, 6) is -0.603. The fourth-order valence-corrected chi connectivity index (χ4v) is 4.27. The second-order valence-electron chi connectivity index (χ2n) is 6.13. The summed E-state index contributed by atoms with van der Waals surface area (Å²) < 4.78 is 0.884. The SMILES string of the molecule is CC[C@H]1S/C(=C(\C#N)C(=O)NCc2ccccc2)N(c2ccc(Br)cc2)C1=O. The normalized spacial score (nSPS) is 18.0. The van der Waals surface area contributed by atoms with Gasteiger partial charge in [-0.25, -0.2) is 0 Å². The van der Waals surface area contributed by atoms with Crippen molar-refractivity contribution >= 4 is 45.2 Å². The molecule has 0 radical (unpaired) electrons. The molecule has 7 heteroatoms. The third kappa shape index (κ3) is 4.29. The van der Waals surface area contributed by atoms with Gasteiger partial charge in [-0.05, 0) is 36.2 Å². The molecule has 1 aliphatic rings. The third-order valence-electron chi connectivity index (χ3n) is 4.26. The first kappa shape index (κ1) is 20.2. The summed E-state index contributed by atoms with van der Waals surface area (Å²) in [5, 5.41) is 12.5. The number of carbonyl (C=O) groups excluding carboxylic acids is 2. The maximum Gasteiger partial charge on any atom is 0.264 e. The standard InChI is InChI=1S/C21H18BrN3O2S/c1-2-18-20(27)25(16-10-8-15(22)9-11-16)21(28-18)17(12-23)19(26)24-13-14-6-4-3-5-7-14/h3-11,18H,2,13H2,1H3,(H,24,26)/b21-17+/t18-/m1/s1. The Morgan fingerprint density at radius 2 is 1.89 bits per heavy atom. The van der Waals surface area contributed by atoms with Crippen LogP contribution in [0.25, 0.3) is 0 Å². The van der Waals surface area contributed by atoms with E-state index >= 15 is 0 Å². The van der Waals surface area contributed by atoms with Crippen molar-refractivity contribution in [2.45, 2.75) is 25.1 Å². The van der Waals surface area contributed by atoms with E-state index in [-0.39, 0.29) is 16.7 Å². The van der Waals surface area contributed by atoms with Gasteiger partial charge in [0.1, 0.15) is 16.7 Å². The average Bonchev–Trinajstić information content (AvgIpc) is 3.04. The Kier molecular flexibility index (Phi) is 6.55. The molecule has 2 amide bonds. The number of hydrogen-bond donors (Lipinski definition) is 1. The molecule has 1 aliphatic heterocycles. The van der Waals surface area contributed by atoms with Crippen LogP contribution in [0.2, 0.25) is 0 Å². The highest BCUT2D eigenvalue weighted by atomic mass is 79.9. The van der Waals surface area contributed by atoms with Crippen LogP contribution in [0, 0.1) is 11.3 Å². The lowest BCUT2D eigenvalue weighted by atomic mass is 10.2. The number of nitrogens with one attached hydrogen (secondary N) is 1. The number of nitrogens with zero attached hydrogens (tertiary/aromatic N) is 2. The predicted molar refractivity (Wildman–Crippen MR) is 114 cm³/mol. The number of hydrogen-bond acceptors (Lipinski definition) is 4. The van der Waals surface area contributed by atoms with E-state index in [0.29, 0.717) is 23.7 Å². The van der Waals surface area contributed by atoms with Crippen LogP contribution in [0.4, 0.5) is 5.69 Å². The van der Waals surface area contributed by atoms with E-state index in [2.05, 4.69) is 21.2 Å². The summed E-state index contributed by atoms with van der Waals surface area (Å²) in [4.78, 5) is 27.1. The fourth-order valence-electron chi connectivity index (χ4n) is 2.81. The summed E-state index contributed by atoms with van der Waals surface area (Å²) in [5.41, 5.74) is 1.52. The highest BCUT2D eigenvalue weighted by Crippen LogP contribution is 2.41. The summed E-state index contributed by atoms with van der Waals surface area (Å²) in [6, 6.07) is 18.7. The van der Waals surface area contributed by atoms with Gasteiger partial charge in [-0.3, -0.25) is 14.5 Å². The molecule has 0 saturated carbocycles. The van der Waals surface area contributed by atoms with E-state index in [0.717, 1.165) is 10.0 Å². The highest BCUT2D eigenvalue weighted by molar-refractivity contribution is 9.10. The van der Waals surface area contributed by atoms with Crippen molar-refractivity contribution < 1.29 is 9.59 Å². The van der Waals surface area contributed by atoms with Crippen molar-refractivity contribution in [3.63, 3.8) is 0 Å². The number of anilines is 1. The maximum absolute atomic E-state index is 12.9. The van der Waals surface area contributed by atoms with Crippen molar-refractivity contribution in [1.82, 2.24) is 5.32 Å². The number of amides is 2. The molecule has 2 aromatic carbocycles. The summed E-state index contributed by atoms with van der Waals surface area (Å²) >= 11 is 4.65. The first-order valence-electron chi connectivity index (χ1n) is 8.77. The smallest absolute Gasteiger partial charge is 0.264 e. The van der Waals surface area contributed by atoms with Crippen LogP contribution in [0.3, 0.4) is 0 Å². The first-order valence-corrected chi connectivity index (χ1v) is 10.4. The van der Waals surface area contributed by atoms with Gasteiger partial charge in [0.25, 0.3) is 5.91 Å². The van der Waals surface area contributed by atoms with Crippen molar-refractivity contribution in [2.75, 3.05) is 4.90 Å². The summed E-state index contributed by atoms with van der Waals surface area (Å²) in [6.07, 6.45) is 0.615. The number of thioether (sulfide) groups is 1. The molecular weight excluding hydrogens is 438 g/mol. The molecule has 1 atom stereocenters. The molecule has 28 heavy (non-hydrogen) atoms. The van der Waals surface area contributed by atoms with Gasteiger partial charge < -0.3 is 5.32 Å². The molecule has 0 aliphatic carbocycles. The van der Waals surface area contributed by atoms with Crippen LogP contribution in [0.1, 0.15) is 18.9 Å². The lowest BCUT2D eigenvalue weighted by Crippen LogP contribution is -2.31. The molecule has 1 fully saturated rings. The third-order valence-corrected chi connectivity index (χ3v) is 6.22. The minimum absolute atomic E-state index is 0.0480. The molecule has 0 aromatic heterocycles. The molecule has 1 saturated heterocycles. The van der Waals surface area contributed by atoms with E-state index < -0.39 is 5.91 Å². The molecule has 5 nitrogen and oxygen atoms in total. The quantitative estimate of drug-likeness (QED) is 0.536. The topological polar surface area (TPSA) is 73.2 Å². The maximum atomic E-state index is 12.9. The van der Waals surface area contributed by atoms with Crippen LogP contribution in [-0.2, 0) is 16.1 Å². The molecule has 0 unspecified atom stereocenters. The van der Waals surface area contributed by atoms with E-state index in [1.165, 1.54) is 16.7 Å². The molecule has 2 aromatic rings. The van der Waals surface area contributed by atoms with Crippen LogP contribution >= 0.6 is 27.7 Å².